The zero-order valence-electron chi connectivity index (χ0n) is 9.81. The van der Waals surface area contributed by atoms with Gasteiger partial charge in [-0.05, 0) is 52.2 Å². The van der Waals surface area contributed by atoms with Crippen LogP contribution in [0.5, 0.6) is 0 Å². The van der Waals surface area contributed by atoms with Crippen LogP contribution in [0.2, 0.25) is 0 Å². The van der Waals surface area contributed by atoms with Crippen LogP contribution in [0.15, 0.2) is 0 Å². The number of piperidine rings is 1. The molecule has 1 heterocycles. The first-order chi connectivity index (χ1) is 6.99. The van der Waals surface area contributed by atoms with E-state index < -0.39 is 0 Å². The van der Waals surface area contributed by atoms with Gasteiger partial charge in [-0.1, -0.05) is 0 Å². The highest BCUT2D eigenvalue weighted by atomic mass is 16.1. The van der Waals surface area contributed by atoms with E-state index in [1.807, 2.05) is 13.8 Å². The molecule has 0 spiro atoms. The highest BCUT2D eigenvalue weighted by Gasteiger charge is 2.22. The molecule has 0 aromatic carbocycles. The van der Waals surface area contributed by atoms with Crippen molar-refractivity contribution >= 4 is 5.91 Å². The largest absolute Gasteiger partial charge is 0.370 e. The van der Waals surface area contributed by atoms with Crippen molar-refractivity contribution in [2.45, 2.75) is 38.6 Å². The highest BCUT2D eigenvalue weighted by molar-refractivity contribution is 5.74. The average Bonchev–Trinajstić information content (AvgIpc) is 2.15. The summed E-state index contributed by atoms with van der Waals surface area (Å²) in [7, 11) is 0. The van der Waals surface area contributed by atoms with Crippen LogP contribution in [0.1, 0.15) is 33.1 Å². The smallest absolute Gasteiger partial charge is 0.219 e. The Bertz CT molecular complexity index is 210. The van der Waals surface area contributed by atoms with Gasteiger partial charge in [-0.2, -0.15) is 0 Å². The summed E-state index contributed by atoms with van der Waals surface area (Å²) >= 11 is 0. The van der Waals surface area contributed by atoms with Crippen LogP contribution in [0.25, 0.3) is 0 Å². The summed E-state index contributed by atoms with van der Waals surface area (Å²) in [5.74, 6) is 0.445. The van der Waals surface area contributed by atoms with Gasteiger partial charge in [-0.25, -0.2) is 0 Å². The predicted molar refractivity (Wildman–Crippen MR) is 61.5 cm³/mol. The Morgan fingerprint density at radius 3 is 2.87 bits per heavy atom. The molecule has 1 rings (SSSR count). The molecule has 0 aliphatic carbocycles. The lowest BCUT2D eigenvalue weighted by Gasteiger charge is -2.30. The number of carbonyl (C=O) groups is 1. The van der Waals surface area contributed by atoms with Crippen LogP contribution in [0.4, 0.5) is 0 Å². The third kappa shape index (κ3) is 5.14. The lowest BCUT2D eigenvalue weighted by Crippen LogP contribution is -2.47. The number of carbonyl (C=O) groups excluding carboxylic acids is 1. The Morgan fingerprint density at radius 1 is 1.60 bits per heavy atom. The summed E-state index contributed by atoms with van der Waals surface area (Å²) < 4.78 is 0. The lowest BCUT2D eigenvalue weighted by molar-refractivity contribution is -0.119. The molecular weight excluding hydrogens is 190 g/mol. The highest BCUT2D eigenvalue weighted by Crippen LogP contribution is 2.12. The van der Waals surface area contributed by atoms with Crippen molar-refractivity contribution < 1.29 is 4.79 Å². The van der Waals surface area contributed by atoms with Crippen LogP contribution in [0.3, 0.4) is 0 Å². The summed E-state index contributed by atoms with van der Waals surface area (Å²) in [6.07, 6.45) is 2.92. The van der Waals surface area contributed by atoms with E-state index in [0.717, 1.165) is 19.6 Å². The molecule has 0 aromatic heterocycles. The molecule has 0 aromatic rings. The van der Waals surface area contributed by atoms with Crippen molar-refractivity contribution in [1.82, 2.24) is 10.6 Å². The Morgan fingerprint density at radius 2 is 2.33 bits per heavy atom. The van der Waals surface area contributed by atoms with Crippen LogP contribution in [0, 0.1) is 5.92 Å². The Balaban J connectivity index is 2.24. The van der Waals surface area contributed by atoms with Crippen molar-refractivity contribution in [3.63, 3.8) is 0 Å². The van der Waals surface area contributed by atoms with Crippen molar-refractivity contribution in [3.05, 3.63) is 0 Å². The van der Waals surface area contributed by atoms with Crippen LogP contribution >= 0.6 is 0 Å². The topological polar surface area (TPSA) is 67.2 Å². The van der Waals surface area contributed by atoms with Crippen molar-refractivity contribution in [2.75, 3.05) is 19.6 Å². The fourth-order valence-electron chi connectivity index (χ4n) is 2.02. The van der Waals surface area contributed by atoms with E-state index in [9.17, 15) is 4.79 Å². The molecule has 0 radical (unpaired) electrons. The van der Waals surface area contributed by atoms with Crippen molar-refractivity contribution in [1.29, 1.82) is 0 Å². The molecular formula is C11H23N3O. The van der Waals surface area contributed by atoms with Gasteiger partial charge in [0.2, 0.25) is 5.91 Å². The molecule has 1 fully saturated rings. The lowest BCUT2D eigenvalue weighted by atomic mass is 9.95. The molecule has 4 N–H and O–H groups in total. The first-order valence-corrected chi connectivity index (χ1v) is 5.74. The average molecular weight is 213 g/mol. The second-order valence-electron chi connectivity index (χ2n) is 5.12. The molecule has 1 atom stereocenters. The molecule has 1 saturated heterocycles. The quantitative estimate of drug-likeness (QED) is 0.612. The van der Waals surface area contributed by atoms with Gasteiger partial charge in [0, 0.05) is 12.0 Å². The van der Waals surface area contributed by atoms with E-state index >= 15 is 0 Å². The minimum absolute atomic E-state index is 0.177. The Hall–Kier alpha value is -0.610. The van der Waals surface area contributed by atoms with Gasteiger partial charge in [0.05, 0.1) is 0 Å². The third-order valence-electron chi connectivity index (χ3n) is 2.88. The maximum Gasteiger partial charge on any atom is 0.219 e. The van der Waals surface area contributed by atoms with Gasteiger partial charge in [0.25, 0.3) is 0 Å². The van der Waals surface area contributed by atoms with Crippen molar-refractivity contribution in [2.24, 2.45) is 11.7 Å². The molecule has 0 bridgehead atoms. The number of hydrogen-bond donors (Lipinski definition) is 3. The second-order valence-corrected chi connectivity index (χ2v) is 5.12. The van der Waals surface area contributed by atoms with Gasteiger partial charge in [-0.3, -0.25) is 4.79 Å². The summed E-state index contributed by atoms with van der Waals surface area (Å²) in [5.41, 5.74) is 5.02. The standard InChI is InChI=1S/C11H23N3O/c1-11(2,6-10(12)15)14-8-9-4-3-5-13-7-9/h9,13-14H,3-8H2,1-2H3,(H2,12,15). The summed E-state index contributed by atoms with van der Waals surface area (Å²) in [5, 5.41) is 6.80. The summed E-state index contributed by atoms with van der Waals surface area (Å²) in [6.45, 7) is 7.23. The maximum absolute atomic E-state index is 10.8. The molecule has 4 heteroatoms. The van der Waals surface area contributed by atoms with Gasteiger partial charge in [-0.15, -0.1) is 0 Å². The molecule has 1 amide bonds. The number of rotatable bonds is 5. The number of amides is 1. The first-order valence-electron chi connectivity index (χ1n) is 5.74. The van der Waals surface area contributed by atoms with Crippen molar-refractivity contribution in [3.8, 4) is 0 Å². The first kappa shape index (κ1) is 12.5. The van der Waals surface area contributed by atoms with Crippen LogP contribution < -0.4 is 16.4 Å². The van der Waals surface area contributed by atoms with E-state index in [4.69, 9.17) is 5.73 Å². The number of nitrogens with two attached hydrogens (primary N) is 1. The summed E-state index contributed by atoms with van der Waals surface area (Å²) in [6, 6.07) is 0. The molecule has 1 aliphatic rings. The molecule has 15 heavy (non-hydrogen) atoms. The zero-order valence-corrected chi connectivity index (χ0v) is 9.81. The zero-order chi connectivity index (χ0) is 11.3. The fourth-order valence-corrected chi connectivity index (χ4v) is 2.02. The van der Waals surface area contributed by atoms with E-state index in [-0.39, 0.29) is 11.4 Å². The minimum atomic E-state index is -0.241. The summed E-state index contributed by atoms with van der Waals surface area (Å²) in [4.78, 5) is 10.8. The molecule has 1 unspecified atom stereocenters. The maximum atomic E-state index is 10.8. The molecule has 1 aliphatic heterocycles. The van der Waals surface area contributed by atoms with E-state index in [2.05, 4.69) is 10.6 Å². The number of hydrogen-bond acceptors (Lipinski definition) is 3. The predicted octanol–water partition coefficient (Wildman–Crippen LogP) is 0.230. The minimum Gasteiger partial charge on any atom is -0.370 e. The van der Waals surface area contributed by atoms with E-state index in [1.165, 1.54) is 12.8 Å². The van der Waals surface area contributed by atoms with Crippen LogP contribution in [-0.4, -0.2) is 31.1 Å². The third-order valence-corrected chi connectivity index (χ3v) is 2.88. The molecule has 4 nitrogen and oxygen atoms in total. The SMILES string of the molecule is CC(C)(CC(N)=O)NCC1CCCNC1. The van der Waals surface area contributed by atoms with E-state index in [0.29, 0.717) is 12.3 Å². The normalized spacial score (nSPS) is 22.7. The fraction of sp³-hybridized carbons (Fsp3) is 0.909. The Kier molecular flexibility index (Phi) is 4.54. The second kappa shape index (κ2) is 5.47. The van der Waals surface area contributed by atoms with Gasteiger partial charge >= 0.3 is 0 Å². The monoisotopic (exact) mass is 213 g/mol. The number of primary amides is 1. The molecule has 0 saturated carbocycles. The van der Waals surface area contributed by atoms with Gasteiger partial charge in [0.1, 0.15) is 0 Å². The van der Waals surface area contributed by atoms with Gasteiger partial charge in [0.15, 0.2) is 0 Å². The Labute approximate surface area is 92.0 Å². The van der Waals surface area contributed by atoms with Gasteiger partial charge < -0.3 is 16.4 Å². The van der Waals surface area contributed by atoms with Crippen LogP contribution in [-0.2, 0) is 4.79 Å². The number of nitrogens with one attached hydrogen (secondary N) is 2. The van der Waals surface area contributed by atoms with E-state index in [1.54, 1.807) is 0 Å². The molecule has 88 valence electrons.